The summed E-state index contributed by atoms with van der Waals surface area (Å²) in [5.41, 5.74) is 3.06. The molecule has 2 nitrogen and oxygen atoms in total. The van der Waals surface area contributed by atoms with Crippen molar-refractivity contribution < 1.29 is 9.18 Å². The van der Waals surface area contributed by atoms with Gasteiger partial charge in [0.05, 0.1) is 0 Å². The maximum absolute atomic E-state index is 13.2. The molecule has 0 unspecified atom stereocenters. The highest BCUT2D eigenvalue weighted by molar-refractivity contribution is 6.17. The summed E-state index contributed by atoms with van der Waals surface area (Å²) in [6, 6.07) is 11.9. The molecule has 0 aromatic heterocycles. The first kappa shape index (κ1) is 14.5. The van der Waals surface area contributed by atoms with Crippen molar-refractivity contribution in [1.29, 1.82) is 0 Å². The van der Waals surface area contributed by atoms with E-state index >= 15 is 0 Å². The molecule has 0 radical (unpaired) electrons. The number of carbonyl (C=O) groups excluding carboxylic acids is 1. The van der Waals surface area contributed by atoms with E-state index in [1.165, 1.54) is 12.1 Å². The molecule has 104 valence electrons. The Bertz CT molecular complexity index is 590. The zero-order valence-corrected chi connectivity index (χ0v) is 11.9. The third kappa shape index (κ3) is 3.81. The Morgan fingerprint density at radius 2 is 1.80 bits per heavy atom. The van der Waals surface area contributed by atoms with Crippen molar-refractivity contribution >= 4 is 17.5 Å². The van der Waals surface area contributed by atoms with Crippen molar-refractivity contribution in [3.05, 3.63) is 70.5 Å². The Kier molecular flexibility index (Phi) is 4.74. The smallest absolute Gasteiger partial charge is 0.251 e. The Labute approximate surface area is 122 Å². The van der Waals surface area contributed by atoms with Crippen LogP contribution < -0.4 is 5.32 Å². The van der Waals surface area contributed by atoms with Crippen LogP contribution in [0, 0.1) is 12.7 Å². The summed E-state index contributed by atoms with van der Waals surface area (Å²) in [4.78, 5) is 11.9. The highest BCUT2D eigenvalue weighted by atomic mass is 35.5. The summed E-state index contributed by atoms with van der Waals surface area (Å²) in [5.74, 6) is -0.217. The summed E-state index contributed by atoms with van der Waals surface area (Å²) < 4.78 is 13.2. The van der Waals surface area contributed by atoms with Gasteiger partial charge in [-0.1, -0.05) is 24.3 Å². The van der Waals surface area contributed by atoms with Gasteiger partial charge in [0.1, 0.15) is 5.82 Å². The molecular weight excluding hydrogens is 277 g/mol. The summed E-state index contributed by atoms with van der Waals surface area (Å²) >= 11 is 5.71. The highest BCUT2D eigenvalue weighted by Gasteiger charge is 2.07. The zero-order chi connectivity index (χ0) is 14.5. The van der Waals surface area contributed by atoms with Crippen molar-refractivity contribution in [3.8, 4) is 0 Å². The van der Waals surface area contributed by atoms with E-state index in [0.717, 1.165) is 16.7 Å². The maximum Gasteiger partial charge on any atom is 0.251 e. The second-order valence-electron chi connectivity index (χ2n) is 4.65. The topological polar surface area (TPSA) is 29.1 Å². The van der Waals surface area contributed by atoms with Gasteiger partial charge in [-0.15, -0.1) is 11.6 Å². The zero-order valence-electron chi connectivity index (χ0n) is 11.1. The monoisotopic (exact) mass is 291 g/mol. The second-order valence-corrected chi connectivity index (χ2v) is 4.92. The summed E-state index contributed by atoms with van der Waals surface area (Å²) in [6.45, 7) is 2.15. The number of hydrogen-bond acceptors (Lipinski definition) is 1. The molecule has 0 aliphatic rings. The van der Waals surface area contributed by atoms with Crippen LogP contribution in [-0.2, 0) is 12.4 Å². The van der Waals surface area contributed by atoms with Crippen molar-refractivity contribution in [2.45, 2.75) is 19.3 Å². The molecule has 2 aromatic rings. The van der Waals surface area contributed by atoms with E-state index in [0.29, 0.717) is 18.0 Å². The minimum atomic E-state index is -0.401. The van der Waals surface area contributed by atoms with E-state index in [2.05, 4.69) is 5.32 Å². The summed E-state index contributed by atoms with van der Waals surface area (Å²) in [6.07, 6.45) is 0. The van der Waals surface area contributed by atoms with Crippen LogP contribution in [0.2, 0.25) is 0 Å². The van der Waals surface area contributed by atoms with Gasteiger partial charge in [0.25, 0.3) is 5.91 Å². The van der Waals surface area contributed by atoms with Gasteiger partial charge in [-0.05, 0) is 41.8 Å². The molecular formula is C16H15ClFNO. The average molecular weight is 292 g/mol. The van der Waals surface area contributed by atoms with Gasteiger partial charge in [0.2, 0.25) is 0 Å². The lowest BCUT2D eigenvalue weighted by molar-refractivity contribution is 0.0950. The van der Waals surface area contributed by atoms with E-state index in [9.17, 15) is 9.18 Å². The first-order chi connectivity index (χ1) is 9.58. The number of amides is 1. The van der Waals surface area contributed by atoms with Gasteiger partial charge in [0, 0.05) is 18.0 Å². The number of halogens is 2. The molecule has 2 aromatic carbocycles. The van der Waals surface area contributed by atoms with Gasteiger partial charge < -0.3 is 5.32 Å². The van der Waals surface area contributed by atoms with Crippen molar-refractivity contribution in [2.24, 2.45) is 0 Å². The van der Waals surface area contributed by atoms with Gasteiger partial charge in [-0.25, -0.2) is 4.39 Å². The van der Waals surface area contributed by atoms with Crippen LogP contribution in [0.5, 0.6) is 0 Å². The number of nitrogens with one attached hydrogen (secondary N) is 1. The Morgan fingerprint density at radius 1 is 1.15 bits per heavy atom. The fourth-order valence-corrected chi connectivity index (χ4v) is 2.08. The third-order valence-electron chi connectivity index (χ3n) is 2.93. The lowest BCUT2D eigenvalue weighted by Crippen LogP contribution is -2.23. The molecule has 0 aliphatic carbocycles. The molecule has 0 heterocycles. The molecule has 0 aliphatic heterocycles. The predicted octanol–water partition coefficient (Wildman–Crippen LogP) is 3.80. The van der Waals surface area contributed by atoms with Crippen molar-refractivity contribution in [1.82, 2.24) is 5.32 Å². The average Bonchev–Trinajstić information content (AvgIpc) is 2.44. The van der Waals surface area contributed by atoms with Crippen LogP contribution in [-0.4, -0.2) is 5.91 Å². The second kappa shape index (κ2) is 6.53. The molecule has 20 heavy (non-hydrogen) atoms. The van der Waals surface area contributed by atoms with Crippen LogP contribution in [0.3, 0.4) is 0 Å². The van der Waals surface area contributed by atoms with E-state index in [-0.39, 0.29) is 5.91 Å². The number of rotatable bonds is 4. The van der Waals surface area contributed by atoms with E-state index in [1.54, 1.807) is 13.0 Å². The molecule has 0 fully saturated rings. The largest absolute Gasteiger partial charge is 0.348 e. The fraction of sp³-hybridized carbons (Fsp3) is 0.188. The lowest BCUT2D eigenvalue weighted by atomic mass is 10.1. The number of carbonyl (C=O) groups is 1. The fourth-order valence-electron chi connectivity index (χ4n) is 1.90. The Hall–Kier alpha value is -1.87. The number of alkyl halides is 1. The number of aryl methyl sites for hydroxylation is 1. The number of hydrogen-bond donors (Lipinski definition) is 1. The van der Waals surface area contributed by atoms with Crippen molar-refractivity contribution in [2.75, 3.05) is 0 Å². The molecule has 0 bridgehead atoms. The van der Waals surface area contributed by atoms with Crippen LogP contribution in [0.25, 0.3) is 0 Å². The lowest BCUT2D eigenvalue weighted by Gasteiger charge is -2.07. The van der Waals surface area contributed by atoms with Gasteiger partial charge in [-0.2, -0.15) is 0 Å². The van der Waals surface area contributed by atoms with Gasteiger partial charge >= 0.3 is 0 Å². The van der Waals surface area contributed by atoms with Gasteiger partial charge in [0.15, 0.2) is 0 Å². The summed E-state index contributed by atoms with van der Waals surface area (Å²) in [7, 11) is 0. The van der Waals surface area contributed by atoms with Crippen LogP contribution in [0.4, 0.5) is 4.39 Å². The minimum Gasteiger partial charge on any atom is -0.348 e. The molecule has 2 rings (SSSR count). The highest BCUT2D eigenvalue weighted by Crippen LogP contribution is 2.10. The van der Waals surface area contributed by atoms with E-state index in [1.807, 2.05) is 24.3 Å². The third-order valence-corrected chi connectivity index (χ3v) is 3.24. The van der Waals surface area contributed by atoms with Crippen LogP contribution in [0.1, 0.15) is 27.0 Å². The Balaban J connectivity index is 2.00. The van der Waals surface area contributed by atoms with Crippen LogP contribution in [0.15, 0.2) is 42.5 Å². The first-order valence-corrected chi connectivity index (χ1v) is 6.81. The van der Waals surface area contributed by atoms with Gasteiger partial charge in [-0.3, -0.25) is 4.79 Å². The van der Waals surface area contributed by atoms with E-state index in [4.69, 9.17) is 11.6 Å². The molecule has 1 N–H and O–H groups in total. The number of benzene rings is 2. The summed E-state index contributed by atoms with van der Waals surface area (Å²) in [5, 5.41) is 2.77. The van der Waals surface area contributed by atoms with Crippen LogP contribution >= 0.6 is 11.6 Å². The molecule has 0 spiro atoms. The Morgan fingerprint density at radius 3 is 2.40 bits per heavy atom. The van der Waals surface area contributed by atoms with Crippen molar-refractivity contribution in [3.63, 3.8) is 0 Å². The molecule has 4 heteroatoms. The molecule has 1 amide bonds. The molecule has 0 saturated carbocycles. The quantitative estimate of drug-likeness (QED) is 0.853. The standard InChI is InChI=1S/C16H15ClFNO/c1-11-6-14(8-15(18)7-11)16(20)19-10-13-4-2-12(9-17)3-5-13/h2-8H,9-10H2,1H3,(H,19,20). The molecule has 0 atom stereocenters. The first-order valence-electron chi connectivity index (χ1n) is 6.27. The normalized spacial score (nSPS) is 10.3. The SMILES string of the molecule is Cc1cc(F)cc(C(=O)NCc2ccc(CCl)cc2)c1. The predicted molar refractivity (Wildman–Crippen MR) is 78.3 cm³/mol. The van der Waals surface area contributed by atoms with E-state index < -0.39 is 5.82 Å². The maximum atomic E-state index is 13.2. The molecule has 0 saturated heterocycles. The minimum absolute atomic E-state index is 0.283.